The Bertz CT molecular complexity index is 1160. The number of carbonyl (C=O) groups excluding carboxylic acids is 1. The van der Waals surface area contributed by atoms with Crippen LogP contribution in [-0.2, 0) is 0 Å². The van der Waals surface area contributed by atoms with Crippen LogP contribution in [0.25, 0.3) is 20.5 Å². The highest BCUT2D eigenvalue weighted by atomic mass is 32.1. The number of ether oxygens (including phenoxy) is 2. The first-order chi connectivity index (χ1) is 13.6. The van der Waals surface area contributed by atoms with Crippen LogP contribution in [0.2, 0.25) is 0 Å². The zero-order valence-corrected chi connectivity index (χ0v) is 16.8. The number of methoxy groups -OCH3 is 2. The van der Waals surface area contributed by atoms with Crippen LogP contribution in [0, 0.1) is 6.92 Å². The second kappa shape index (κ2) is 7.49. The minimum Gasteiger partial charge on any atom is -0.497 e. The lowest BCUT2D eigenvalue weighted by Gasteiger charge is -2.09. The van der Waals surface area contributed by atoms with Crippen LogP contribution in [0.1, 0.15) is 21.5 Å². The number of benzene rings is 3. The molecule has 1 heterocycles. The molecule has 0 fully saturated rings. The highest BCUT2D eigenvalue weighted by Crippen LogP contribution is 2.43. The van der Waals surface area contributed by atoms with Gasteiger partial charge in [-0.1, -0.05) is 24.3 Å². The summed E-state index contributed by atoms with van der Waals surface area (Å²) in [6, 6.07) is 21.3. The van der Waals surface area contributed by atoms with Gasteiger partial charge < -0.3 is 9.47 Å². The van der Waals surface area contributed by atoms with Gasteiger partial charge in [-0.25, -0.2) is 0 Å². The Morgan fingerprint density at radius 1 is 0.893 bits per heavy atom. The van der Waals surface area contributed by atoms with E-state index < -0.39 is 0 Å². The molecule has 0 aliphatic rings. The molecular weight excluding hydrogens is 368 g/mol. The summed E-state index contributed by atoms with van der Waals surface area (Å²) in [5.74, 6) is 1.49. The number of hydrogen-bond donors (Lipinski definition) is 0. The monoisotopic (exact) mass is 388 g/mol. The Hall–Kier alpha value is -3.11. The van der Waals surface area contributed by atoms with Gasteiger partial charge in [0.2, 0.25) is 0 Å². The van der Waals surface area contributed by atoms with Crippen LogP contribution in [-0.4, -0.2) is 20.0 Å². The quantitative estimate of drug-likeness (QED) is 0.386. The molecule has 0 atom stereocenters. The molecule has 4 heteroatoms. The maximum absolute atomic E-state index is 13.5. The second-order valence-corrected chi connectivity index (χ2v) is 7.62. The van der Waals surface area contributed by atoms with Gasteiger partial charge in [0, 0.05) is 26.8 Å². The number of fused-ring (bicyclic) bond motifs is 1. The van der Waals surface area contributed by atoms with Crippen LogP contribution in [0.3, 0.4) is 0 Å². The van der Waals surface area contributed by atoms with Crippen LogP contribution in [0.5, 0.6) is 11.5 Å². The van der Waals surface area contributed by atoms with Gasteiger partial charge >= 0.3 is 0 Å². The molecule has 0 amide bonds. The summed E-state index contributed by atoms with van der Waals surface area (Å²) in [6.07, 6.45) is 0. The van der Waals surface area contributed by atoms with E-state index in [4.69, 9.17) is 9.47 Å². The average Bonchev–Trinajstić information content (AvgIpc) is 3.11. The Morgan fingerprint density at radius 2 is 1.64 bits per heavy atom. The second-order valence-electron chi connectivity index (χ2n) is 6.56. The zero-order chi connectivity index (χ0) is 19.7. The number of hydrogen-bond acceptors (Lipinski definition) is 4. The van der Waals surface area contributed by atoms with E-state index >= 15 is 0 Å². The fraction of sp³-hybridized carbons (Fsp3) is 0.125. The van der Waals surface area contributed by atoms with E-state index in [0.29, 0.717) is 5.56 Å². The number of rotatable bonds is 5. The number of thiophene rings is 1. The first-order valence-corrected chi connectivity index (χ1v) is 9.79. The van der Waals surface area contributed by atoms with Crippen molar-refractivity contribution in [3.05, 3.63) is 83.4 Å². The van der Waals surface area contributed by atoms with Crippen molar-refractivity contribution in [2.45, 2.75) is 6.92 Å². The fourth-order valence-corrected chi connectivity index (χ4v) is 4.67. The van der Waals surface area contributed by atoms with Crippen LogP contribution >= 0.6 is 11.3 Å². The molecule has 0 aliphatic carbocycles. The molecule has 0 spiro atoms. The maximum Gasteiger partial charge on any atom is 0.195 e. The molecule has 0 saturated heterocycles. The number of ketones is 1. The van der Waals surface area contributed by atoms with Gasteiger partial charge in [-0.3, -0.25) is 4.79 Å². The molecule has 4 rings (SSSR count). The van der Waals surface area contributed by atoms with Crippen molar-refractivity contribution in [2.75, 3.05) is 14.2 Å². The van der Waals surface area contributed by atoms with Crippen molar-refractivity contribution >= 4 is 27.2 Å². The normalized spacial score (nSPS) is 10.8. The lowest BCUT2D eigenvalue weighted by Crippen LogP contribution is -2.02. The standard InChI is InChI=1S/C24H20O3S/c1-15-8-13-19-21(14-15)28-24(18-6-4-5-7-20(18)27-3)22(19)23(25)16-9-11-17(26-2)12-10-16/h4-14H,1-3H3. The van der Waals surface area contributed by atoms with Gasteiger partial charge in [0.25, 0.3) is 0 Å². The van der Waals surface area contributed by atoms with Gasteiger partial charge in [0.15, 0.2) is 5.78 Å². The predicted octanol–water partition coefficient (Wildman–Crippen LogP) is 6.12. The Kier molecular flexibility index (Phi) is 4.88. The van der Waals surface area contributed by atoms with Gasteiger partial charge in [-0.15, -0.1) is 11.3 Å². The van der Waals surface area contributed by atoms with Crippen molar-refractivity contribution in [1.29, 1.82) is 0 Å². The summed E-state index contributed by atoms with van der Waals surface area (Å²) in [5.41, 5.74) is 3.45. The van der Waals surface area contributed by atoms with Crippen LogP contribution < -0.4 is 9.47 Å². The molecule has 3 aromatic carbocycles. The highest BCUT2D eigenvalue weighted by Gasteiger charge is 2.23. The molecule has 0 radical (unpaired) electrons. The molecule has 1 aromatic heterocycles. The summed E-state index contributed by atoms with van der Waals surface area (Å²) in [7, 11) is 3.27. The number of carbonyl (C=O) groups is 1. The predicted molar refractivity (Wildman–Crippen MR) is 115 cm³/mol. The third-order valence-corrected chi connectivity index (χ3v) is 5.96. The molecule has 0 saturated carbocycles. The van der Waals surface area contributed by atoms with E-state index in [-0.39, 0.29) is 5.78 Å². The molecule has 4 aromatic rings. The van der Waals surface area contributed by atoms with E-state index in [2.05, 4.69) is 13.0 Å². The van der Waals surface area contributed by atoms with Crippen molar-refractivity contribution in [3.8, 4) is 21.9 Å². The topological polar surface area (TPSA) is 35.5 Å². The van der Waals surface area contributed by atoms with Crippen molar-refractivity contribution in [2.24, 2.45) is 0 Å². The number of para-hydroxylation sites is 1. The van der Waals surface area contributed by atoms with E-state index in [1.807, 2.05) is 60.7 Å². The molecule has 0 unspecified atom stereocenters. The Labute approximate surface area is 168 Å². The van der Waals surface area contributed by atoms with Gasteiger partial charge in [0.05, 0.1) is 19.1 Å². The smallest absolute Gasteiger partial charge is 0.195 e. The Morgan fingerprint density at radius 3 is 2.36 bits per heavy atom. The molecule has 0 aliphatic heterocycles. The lowest BCUT2D eigenvalue weighted by atomic mass is 9.97. The van der Waals surface area contributed by atoms with Crippen molar-refractivity contribution < 1.29 is 14.3 Å². The van der Waals surface area contributed by atoms with Gasteiger partial charge in [-0.05, 0) is 55.0 Å². The molecule has 28 heavy (non-hydrogen) atoms. The summed E-state index contributed by atoms with van der Waals surface area (Å²) in [4.78, 5) is 14.5. The first-order valence-electron chi connectivity index (χ1n) is 8.97. The first kappa shape index (κ1) is 18.3. The fourth-order valence-electron chi connectivity index (χ4n) is 3.34. The molecular formula is C24H20O3S. The van der Waals surface area contributed by atoms with E-state index in [1.54, 1.807) is 25.6 Å². The summed E-state index contributed by atoms with van der Waals surface area (Å²) in [6.45, 7) is 2.06. The summed E-state index contributed by atoms with van der Waals surface area (Å²) in [5, 5.41) is 0.970. The van der Waals surface area contributed by atoms with Crippen molar-refractivity contribution in [1.82, 2.24) is 0 Å². The number of aryl methyl sites for hydroxylation is 1. The van der Waals surface area contributed by atoms with E-state index in [9.17, 15) is 4.79 Å². The SMILES string of the molecule is COc1ccc(C(=O)c2c(-c3ccccc3OC)sc3cc(C)ccc23)cc1. The van der Waals surface area contributed by atoms with Crippen LogP contribution in [0.15, 0.2) is 66.7 Å². The summed E-state index contributed by atoms with van der Waals surface area (Å²) >= 11 is 1.63. The third-order valence-electron chi connectivity index (χ3n) is 4.78. The largest absolute Gasteiger partial charge is 0.497 e. The Balaban J connectivity index is 1.96. The van der Waals surface area contributed by atoms with Gasteiger partial charge in [-0.2, -0.15) is 0 Å². The van der Waals surface area contributed by atoms with Crippen molar-refractivity contribution in [3.63, 3.8) is 0 Å². The molecule has 3 nitrogen and oxygen atoms in total. The third kappa shape index (κ3) is 3.16. The van der Waals surface area contributed by atoms with E-state index in [0.717, 1.165) is 37.6 Å². The zero-order valence-electron chi connectivity index (χ0n) is 16.0. The van der Waals surface area contributed by atoms with Gasteiger partial charge in [0.1, 0.15) is 11.5 Å². The molecule has 0 N–H and O–H groups in total. The van der Waals surface area contributed by atoms with E-state index in [1.165, 1.54) is 5.56 Å². The average molecular weight is 388 g/mol. The maximum atomic E-state index is 13.5. The minimum atomic E-state index is -0.00124. The minimum absolute atomic E-state index is 0.00124. The highest BCUT2D eigenvalue weighted by molar-refractivity contribution is 7.22. The molecule has 0 bridgehead atoms. The lowest BCUT2D eigenvalue weighted by molar-refractivity contribution is 0.104. The summed E-state index contributed by atoms with van der Waals surface area (Å²) < 4.78 is 11.9. The van der Waals surface area contributed by atoms with Crippen LogP contribution in [0.4, 0.5) is 0 Å². The molecule has 140 valence electrons.